The fourth-order valence-corrected chi connectivity index (χ4v) is 3.11. The van der Waals surface area contributed by atoms with E-state index in [9.17, 15) is 22.8 Å². The molecule has 5 nitrogen and oxygen atoms in total. The highest BCUT2D eigenvalue weighted by molar-refractivity contribution is 6.06. The monoisotopic (exact) mass is 354 g/mol. The molecule has 0 aliphatic carbocycles. The highest BCUT2D eigenvalue weighted by atomic mass is 19.1. The number of likely N-dealkylation sites (tertiary alicyclic amines) is 1. The van der Waals surface area contributed by atoms with Crippen LogP contribution in [0.25, 0.3) is 11.0 Å². The second kappa shape index (κ2) is 6.42. The molecule has 1 aliphatic rings. The molecule has 0 bridgehead atoms. The first-order valence-corrected chi connectivity index (χ1v) is 7.88. The van der Waals surface area contributed by atoms with Gasteiger partial charge in [-0.05, 0) is 6.07 Å². The fourth-order valence-electron chi connectivity index (χ4n) is 3.11. The lowest BCUT2D eigenvalue weighted by atomic mass is 10.1. The number of carbonyl (C=O) groups excluding carboxylic acids is 2. The molecule has 1 saturated heterocycles. The van der Waals surface area contributed by atoms with Crippen LogP contribution in [0.15, 0.2) is 22.8 Å². The Morgan fingerprint density at radius 2 is 2.04 bits per heavy atom. The predicted octanol–water partition coefficient (Wildman–Crippen LogP) is 2.74. The van der Waals surface area contributed by atoms with Crippen LogP contribution in [0, 0.1) is 11.6 Å². The second-order valence-corrected chi connectivity index (χ2v) is 6.07. The molecule has 2 unspecified atom stereocenters. The average Bonchev–Trinajstić information content (AvgIpc) is 3.16. The van der Waals surface area contributed by atoms with Crippen LogP contribution in [-0.2, 0) is 4.79 Å². The number of halogens is 3. The Balaban J connectivity index is 1.87. The molecular weight excluding hydrogens is 337 g/mol. The number of nitrogens with zero attached hydrogens (tertiary/aromatic N) is 2. The highest BCUT2D eigenvalue weighted by Crippen LogP contribution is 2.28. The normalized spacial score (nSPS) is 20.3. The van der Waals surface area contributed by atoms with Crippen molar-refractivity contribution in [2.45, 2.75) is 25.6 Å². The first-order chi connectivity index (χ1) is 11.8. The van der Waals surface area contributed by atoms with E-state index in [4.69, 9.17) is 4.42 Å². The summed E-state index contributed by atoms with van der Waals surface area (Å²) in [5.74, 6) is -2.57. The quantitative estimate of drug-likeness (QED) is 0.852. The summed E-state index contributed by atoms with van der Waals surface area (Å²) in [6.45, 7) is 1.68. The molecule has 1 aliphatic heterocycles. The topological polar surface area (TPSA) is 53.8 Å². The van der Waals surface area contributed by atoms with Crippen molar-refractivity contribution in [1.82, 2.24) is 9.80 Å². The zero-order valence-corrected chi connectivity index (χ0v) is 13.8. The van der Waals surface area contributed by atoms with E-state index in [0.29, 0.717) is 6.07 Å². The van der Waals surface area contributed by atoms with Crippen molar-refractivity contribution in [2.24, 2.45) is 0 Å². The van der Waals surface area contributed by atoms with Gasteiger partial charge in [0.15, 0.2) is 11.4 Å². The second-order valence-electron chi connectivity index (χ2n) is 6.07. The van der Waals surface area contributed by atoms with Crippen LogP contribution in [-0.4, -0.2) is 54.0 Å². The number of likely N-dealkylation sites (N-methyl/N-ethyl adjacent to an activating group) is 1. The summed E-state index contributed by atoms with van der Waals surface area (Å²) >= 11 is 0. The van der Waals surface area contributed by atoms with Gasteiger partial charge in [-0.3, -0.25) is 9.59 Å². The molecule has 2 heterocycles. The maximum atomic E-state index is 14.3. The molecule has 2 aromatic rings. The van der Waals surface area contributed by atoms with Crippen LogP contribution in [0.2, 0.25) is 0 Å². The summed E-state index contributed by atoms with van der Waals surface area (Å²) in [6, 6.07) is 0.829. The molecule has 8 heteroatoms. The number of furan rings is 1. The Labute approximate surface area is 142 Å². The van der Waals surface area contributed by atoms with Gasteiger partial charge in [-0.1, -0.05) is 6.92 Å². The van der Waals surface area contributed by atoms with E-state index in [1.165, 1.54) is 11.9 Å². The third-order valence-corrected chi connectivity index (χ3v) is 4.52. The van der Waals surface area contributed by atoms with E-state index in [1.807, 2.05) is 0 Å². The highest BCUT2D eigenvalue weighted by Gasteiger charge is 2.39. The lowest BCUT2D eigenvalue weighted by Gasteiger charge is -2.25. The van der Waals surface area contributed by atoms with Crippen molar-refractivity contribution in [1.29, 1.82) is 0 Å². The third-order valence-electron chi connectivity index (χ3n) is 4.52. The average molecular weight is 354 g/mol. The van der Waals surface area contributed by atoms with E-state index in [2.05, 4.69) is 0 Å². The van der Waals surface area contributed by atoms with Gasteiger partial charge in [0.1, 0.15) is 18.3 Å². The van der Waals surface area contributed by atoms with Crippen molar-refractivity contribution in [3.8, 4) is 0 Å². The Hall–Kier alpha value is -2.51. The van der Waals surface area contributed by atoms with Crippen molar-refractivity contribution >= 4 is 22.8 Å². The van der Waals surface area contributed by atoms with Crippen molar-refractivity contribution in [3.05, 3.63) is 35.6 Å². The van der Waals surface area contributed by atoms with E-state index >= 15 is 0 Å². The molecule has 134 valence electrons. The van der Waals surface area contributed by atoms with E-state index in [-0.39, 0.29) is 42.0 Å². The maximum absolute atomic E-state index is 14.3. The fraction of sp³-hybridized carbons (Fsp3) is 0.412. The number of carbonyl (C=O) groups is 2. The standard InChI is InChI=1S/C17H17F3N2O3/c1-3-15(23)22-6-13(20)14(7-22)21(2)17(24)11-8-25-16-10(11)4-9(18)5-12(16)19/h4-5,8,13-14H,3,6-7H2,1-2H3. The summed E-state index contributed by atoms with van der Waals surface area (Å²) in [5, 5.41) is -0.00996. The lowest BCUT2D eigenvalue weighted by molar-refractivity contribution is -0.130. The molecule has 0 N–H and O–H groups in total. The predicted molar refractivity (Wildman–Crippen MR) is 83.8 cm³/mol. The van der Waals surface area contributed by atoms with Crippen LogP contribution in [0.5, 0.6) is 0 Å². The van der Waals surface area contributed by atoms with Crippen LogP contribution in [0.1, 0.15) is 23.7 Å². The van der Waals surface area contributed by atoms with Crippen LogP contribution in [0.3, 0.4) is 0 Å². The largest absolute Gasteiger partial charge is 0.460 e. The zero-order chi connectivity index (χ0) is 18.3. The van der Waals surface area contributed by atoms with Gasteiger partial charge in [-0.25, -0.2) is 13.2 Å². The molecule has 3 rings (SSSR count). The number of rotatable bonds is 3. The number of hydrogen-bond donors (Lipinski definition) is 0. The number of benzene rings is 1. The minimum atomic E-state index is -1.39. The lowest BCUT2D eigenvalue weighted by Crippen LogP contribution is -2.43. The van der Waals surface area contributed by atoms with E-state index < -0.39 is 29.8 Å². The van der Waals surface area contributed by atoms with Gasteiger partial charge in [0.2, 0.25) is 5.91 Å². The van der Waals surface area contributed by atoms with Crippen molar-refractivity contribution < 1.29 is 27.2 Å². The van der Waals surface area contributed by atoms with Crippen molar-refractivity contribution in [2.75, 3.05) is 20.1 Å². The number of hydrogen-bond acceptors (Lipinski definition) is 3. The molecule has 1 fully saturated rings. The molecule has 1 aromatic carbocycles. The van der Waals surface area contributed by atoms with Gasteiger partial charge < -0.3 is 14.2 Å². The van der Waals surface area contributed by atoms with Gasteiger partial charge in [-0.15, -0.1) is 0 Å². The maximum Gasteiger partial charge on any atom is 0.257 e. The molecule has 0 saturated carbocycles. The molecule has 1 aromatic heterocycles. The number of alkyl halides is 1. The third kappa shape index (κ3) is 2.96. The summed E-state index contributed by atoms with van der Waals surface area (Å²) in [4.78, 5) is 26.9. The Bertz CT molecular complexity index is 836. The molecule has 0 spiro atoms. The molecule has 2 amide bonds. The number of amides is 2. The van der Waals surface area contributed by atoms with Gasteiger partial charge in [-0.2, -0.15) is 0 Å². The van der Waals surface area contributed by atoms with Crippen LogP contribution < -0.4 is 0 Å². The zero-order valence-electron chi connectivity index (χ0n) is 13.8. The van der Waals surface area contributed by atoms with Crippen molar-refractivity contribution in [3.63, 3.8) is 0 Å². The molecular formula is C17H17F3N2O3. The summed E-state index contributed by atoms with van der Waals surface area (Å²) in [6.07, 6.45) is -0.110. The van der Waals surface area contributed by atoms with Gasteiger partial charge in [0, 0.05) is 31.5 Å². The Kier molecular flexibility index (Phi) is 4.45. The first kappa shape index (κ1) is 17.3. The Morgan fingerprint density at radius 3 is 2.72 bits per heavy atom. The van der Waals surface area contributed by atoms with Crippen LogP contribution >= 0.6 is 0 Å². The van der Waals surface area contributed by atoms with Gasteiger partial charge in [0.25, 0.3) is 5.91 Å². The smallest absolute Gasteiger partial charge is 0.257 e. The Morgan fingerprint density at radius 1 is 1.32 bits per heavy atom. The SMILES string of the molecule is CCC(=O)N1CC(F)C(N(C)C(=O)c2coc3c(F)cc(F)cc23)C1. The summed E-state index contributed by atoms with van der Waals surface area (Å²) < 4.78 is 46.5. The summed E-state index contributed by atoms with van der Waals surface area (Å²) in [7, 11) is 1.40. The van der Waals surface area contributed by atoms with E-state index in [1.54, 1.807) is 6.92 Å². The minimum absolute atomic E-state index is 0.00996. The van der Waals surface area contributed by atoms with Crippen LogP contribution in [0.4, 0.5) is 13.2 Å². The molecule has 0 radical (unpaired) electrons. The van der Waals surface area contributed by atoms with Gasteiger partial charge in [0.05, 0.1) is 18.2 Å². The molecule has 25 heavy (non-hydrogen) atoms. The number of fused-ring (bicyclic) bond motifs is 1. The first-order valence-electron chi connectivity index (χ1n) is 7.88. The van der Waals surface area contributed by atoms with E-state index in [0.717, 1.165) is 17.2 Å². The molecule has 2 atom stereocenters. The van der Waals surface area contributed by atoms with Gasteiger partial charge >= 0.3 is 0 Å². The summed E-state index contributed by atoms with van der Waals surface area (Å²) in [5.41, 5.74) is -0.285. The minimum Gasteiger partial charge on any atom is -0.460 e.